The molecule has 1 aromatic rings. The second-order valence-corrected chi connectivity index (χ2v) is 4.60. The van der Waals surface area contributed by atoms with Crippen LogP contribution in [0, 0.1) is 0 Å². The molecule has 1 heterocycles. The maximum Gasteiger partial charge on any atom is 0.412 e. The summed E-state index contributed by atoms with van der Waals surface area (Å²) in [6.07, 6.45) is 2.17. The van der Waals surface area contributed by atoms with Gasteiger partial charge in [0.25, 0.3) is 0 Å². The molecule has 0 aromatic heterocycles. The first-order chi connectivity index (χ1) is 9.19. The third kappa shape index (κ3) is 4.41. The van der Waals surface area contributed by atoms with Crippen LogP contribution in [0.2, 0.25) is 0 Å². The number of epoxide rings is 1. The number of carbonyl (C=O) groups excluding carboxylic acids is 1. The van der Waals surface area contributed by atoms with Crippen LogP contribution in [-0.2, 0) is 15.9 Å². The largest absolute Gasteiger partial charge is 0.416 e. The molecule has 1 aliphatic heterocycles. The Hall–Kier alpha value is -1.81. The maximum atomic E-state index is 11.7. The lowest BCUT2D eigenvalue weighted by Gasteiger charge is -2.16. The first kappa shape index (κ1) is 13.6. The molecular weight excluding hydrogens is 242 g/mol. The number of amides is 1. The van der Waals surface area contributed by atoms with Crippen molar-refractivity contribution >= 4 is 6.09 Å². The molecule has 0 bridgehead atoms. The lowest BCUT2D eigenvalue weighted by molar-refractivity contribution is 0.168. The van der Waals surface area contributed by atoms with Crippen molar-refractivity contribution in [2.75, 3.05) is 6.61 Å². The van der Waals surface area contributed by atoms with E-state index >= 15 is 0 Å². The fourth-order valence-corrected chi connectivity index (χ4v) is 1.82. The van der Waals surface area contributed by atoms with Gasteiger partial charge in [-0.05, 0) is 31.9 Å². The SMILES string of the molecule is C/C=C(/C)OC(=O)N[C@@H](Cc1ccccc1)[C@@H]1CO1. The molecule has 2 atom stereocenters. The number of benzene rings is 1. The van der Waals surface area contributed by atoms with Crippen LogP contribution in [0.1, 0.15) is 19.4 Å². The summed E-state index contributed by atoms with van der Waals surface area (Å²) >= 11 is 0. The van der Waals surface area contributed by atoms with Crippen LogP contribution in [0.5, 0.6) is 0 Å². The van der Waals surface area contributed by atoms with Gasteiger partial charge in [-0.15, -0.1) is 0 Å². The summed E-state index contributed by atoms with van der Waals surface area (Å²) in [5, 5.41) is 2.87. The van der Waals surface area contributed by atoms with E-state index in [0.29, 0.717) is 12.4 Å². The van der Waals surface area contributed by atoms with Crippen LogP contribution in [0.3, 0.4) is 0 Å². The zero-order valence-corrected chi connectivity index (χ0v) is 11.3. The second-order valence-electron chi connectivity index (χ2n) is 4.60. The van der Waals surface area contributed by atoms with Crippen molar-refractivity contribution in [1.29, 1.82) is 0 Å². The minimum Gasteiger partial charge on any atom is -0.416 e. The Morgan fingerprint density at radius 3 is 2.79 bits per heavy atom. The van der Waals surface area contributed by atoms with Crippen molar-refractivity contribution in [3.8, 4) is 0 Å². The molecule has 19 heavy (non-hydrogen) atoms. The van der Waals surface area contributed by atoms with Crippen molar-refractivity contribution in [2.24, 2.45) is 0 Å². The van der Waals surface area contributed by atoms with E-state index in [9.17, 15) is 4.79 Å². The molecule has 1 saturated heterocycles. The average molecular weight is 261 g/mol. The number of alkyl carbamates (subject to hydrolysis) is 1. The Balaban J connectivity index is 1.92. The van der Waals surface area contributed by atoms with Gasteiger partial charge in [-0.3, -0.25) is 0 Å². The van der Waals surface area contributed by atoms with E-state index in [2.05, 4.69) is 5.32 Å². The van der Waals surface area contributed by atoms with Crippen molar-refractivity contribution in [1.82, 2.24) is 5.32 Å². The highest BCUT2D eigenvalue weighted by atomic mass is 16.6. The lowest BCUT2D eigenvalue weighted by Crippen LogP contribution is -2.40. The van der Waals surface area contributed by atoms with Crippen molar-refractivity contribution < 1.29 is 14.3 Å². The summed E-state index contributed by atoms with van der Waals surface area (Å²) < 4.78 is 10.4. The Morgan fingerprint density at radius 1 is 1.53 bits per heavy atom. The summed E-state index contributed by atoms with van der Waals surface area (Å²) in [6, 6.07) is 9.99. The Kier molecular flexibility index (Phi) is 4.58. The van der Waals surface area contributed by atoms with Crippen LogP contribution in [-0.4, -0.2) is 24.8 Å². The second kappa shape index (κ2) is 6.38. The van der Waals surface area contributed by atoms with Crippen molar-refractivity contribution in [3.05, 3.63) is 47.7 Å². The smallest absolute Gasteiger partial charge is 0.412 e. The van der Waals surface area contributed by atoms with E-state index in [1.54, 1.807) is 13.0 Å². The maximum absolute atomic E-state index is 11.7. The van der Waals surface area contributed by atoms with Crippen LogP contribution in [0.4, 0.5) is 4.79 Å². The highest BCUT2D eigenvalue weighted by Crippen LogP contribution is 2.18. The lowest BCUT2D eigenvalue weighted by atomic mass is 10.0. The van der Waals surface area contributed by atoms with Gasteiger partial charge in [0.2, 0.25) is 0 Å². The van der Waals surface area contributed by atoms with E-state index in [0.717, 1.165) is 6.42 Å². The minimum absolute atomic E-state index is 0.0421. The van der Waals surface area contributed by atoms with Crippen LogP contribution in [0.25, 0.3) is 0 Å². The summed E-state index contributed by atoms with van der Waals surface area (Å²) in [7, 11) is 0. The molecular formula is C15H19NO3. The fraction of sp³-hybridized carbons (Fsp3) is 0.400. The number of hydrogen-bond donors (Lipinski definition) is 1. The van der Waals surface area contributed by atoms with E-state index in [4.69, 9.17) is 9.47 Å². The zero-order chi connectivity index (χ0) is 13.7. The van der Waals surface area contributed by atoms with Gasteiger partial charge < -0.3 is 14.8 Å². The van der Waals surface area contributed by atoms with Crippen molar-refractivity contribution in [3.63, 3.8) is 0 Å². The van der Waals surface area contributed by atoms with Crippen LogP contribution < -0.4 is 5.32 Å². The highest BCUT2D eigenvalue weighted by molar-refractivity contribution is 5.69. The molecule has 0 spiro atoms. The first-order valence-corrected chi connectivity index (χ1v) is 6.46. The van der Waals surface area contributed by atoms with Gasteiger partial charge in [0.05, 0.1) is 12.6 Å². The standard InChI is InChI=1S/C15H19NO3/c1-3-11(2)19-15(17)16-13(14-10-18-14)9-12-7-5-4-6-8-12/h3-8,13-14H,9-10H2,1-2H3,(H,16,17)/b11-3-/t13-,14-/m0/s1. The molecule has 1 fully saturated rings. The molecule has 0 saturated carbocycles. The van der Waals surface area contributed by atoms with Gasteiger partial charge >= 0.3 is 6.09 Å². The quantitative estimate of drug-likeness (QED) is 0.655. The Morgan fingerprint density at radius 2 is 2.21 bits per heavy atom. The number of rotatable bonds is 5. The zero-order valence-electron chi connectivity index (χ0n) is 11.3. The van der Waals surface area contributed by atoms with E-state index in [1.807, 2.05) is 37.3 Å². The minimum atomic E-state index is -0.424. The first-order valence-electron chi connectivity index (χ1n) is 6.46. The summed E-state index contributed by atoms with van der Waals surface area (Å²) in [5.41, 5.74) is 1.17. The molecule has 0 radical (unpaired) electrons. The topological polar surface area (TPSA) is 50.9 Å². The van der Waals surface area contributed by atoms with Gasteiger partial charge in [0, 0.05) is 0 Å². The summed E-state index contributed by atoms with van der Waals surface area (Å²) in [4.78, 5) is 11.7. The molecule has 4 nitrogen and oxygen atoms in total. The molecule has 1 aromatic carbocycles. The number of ether oxygens (including phenoxy) is 2. The Bertz CT molecular complexity index is 452. The molecule has 102 valence electrons. The van der Waals surface area contributed by atoms with Gasteiger partial charge in [-0.1, -0.05) is 30.3 Å². The fourth-order valence-electron chi connectivity index (χ4n) is 1.82. The highest BCUT2D eigenvalue weighted by Gasteiger charge is 2.34. The van der Waals surface area contributed by atoms with Gasteiger partial charge in [-0.25, -0.2) is 4.79 Å². The number of carbonyl (C=O) groups is 1. The van der Waals surface area contributed by atoms with Gasteiger partial charge in [0.15, 0.2) is 0 Å². The molecule has 0 unspecified atom stereocenters. The predicted molar refractivity (Wildman–Crippen MR) is 72.7 cm³/mol. The number of hydrogen-bond acceptors (Lipinski definition) is 3. The van der Waals surface area contributed by atoms with Gasteiger partial charge in [0.1, 0.15) is 11.9 Å². The van der Waals surface area contributed by atoms with Crippen LogP contribution in [0.15, 0.2) is 42.2 Å². The summed E-state index contributed by atoms with van der Waals surface area (Å²) in [5.74, 6) is 0.590. The van der Waals surface area contributed by atoms with Crippen LogP contribution >= 0.6 is 0 Å². The Labute approximate surface area is 113 Å². The predicted octanol–water partition coefficient (Wildman–Crippen LogP) is 2.65. The molecule has 1 aliphatic rings. The molecule has 2 rings (SSSR count). The molecule has 0 aliphatic carbocycles. The van der Waals surface area contributed by atoms with E-state index in [-0.39, 0.29) is 12.1 Å². The summed E-state index contributed by atoms with van der Waals surface area (Å²) in [6.45, 7) is 4.27. The van der Waals surface area contributed by atoms with Crippen molar-refractivity contribution in [2.45, 2.75) is 32.4 Å². The van der Waals surface area contributed by atoms with E-state index < -0.39 is 6.09 Å². The van der Waals surface area contributed by atoms with E-state index in [1.165, 1.54) is 5.56 Å². The molecule has 1 N–H and O–H groups in total. The number of nitrogens with one attached hydrogen (secondary N) is 1. The van der Waals surface area contributed by atoms with Gasteiger partial charge in [-0.2, -0.15) is 0 Å². The number of allylic oxidation sites excluding steroid dienone is 2. The third-order valence-electron chi connectivity index (χ3n) is 3.07. The molecule has 4 heteroatoms. The monoisotopic (exact) mass is 261 g/mol. The normalized spacial score (nSPS) is 19.7. The third-order valence-corrected chi connectivity index (χ3v) is 3.07. The average Bonchev–Trinajstić information content (AvgIpc) is 3.23. The molecule has 1 amide bonds.